The molecule has 0 radical (unpaired) electrons. The summed E-state index contributed by atoms with van der Waals surface area (Å²) in [4.78, 5) is 0. The largest absolute Gasteiger partial charge is 0.198 e. The van der Waals surface area contributed by atoms with Crippen LogP contribution < -0.4 is 0 Å². The van der Waals surface area contributed by atoms with Crippen molar-refractivity contribution in [1.29, 1.82) is 21.0 Å². The van der Waals surface area contributed by atoms with Crippen molar-refractivity contribution >= 4 is 24.2 Å². The Bertz CT molecular complexity index is 305. The molecule has 0 fully saturated rings. The Labute approximate surface area is 120 Å². The van der Waals surface area contributed by atoms with Crippen molar-refractivity contribution in [3.05, 3.63) is 0 Å². The quantitative estimate of drug-likeness (QED) is 0.639. The van der Waals surface area contributed by atoms with E-state index < -0.39 is 7.26 Å². The lowest BCUT2D eigenvalue weighted by molar-refractivity contribution is 1.07. The molecule has 0 unspecified atom stereocenters. The van der Waals surface area contributed by atoms with Crippen molar-refractivity contribution in [2.75, 3.05) is 24.6 Å². The minimum atomic E-state index is -1.45. The second kappa shape index (κ2) is 12.3. The molecule has 0 bridgehead atoms. The van der Waals surface area contributed by atoms with Crippen LogP contribution in [0.1, 0.15) is 25.7 Å². The molecule has 0 saturated carbocycles. The van der Waals surface area contributed by atoms with E-state index in [2.05, 4.69) is 24.3 Å². The zero-order valence-corrected chi connectivity index (χ0v) is 12.9. The Morgan fingerprint density at radius 2 is 0.778 bits per heavy atom. The van der Waals surface area contributed by atoms with Crippen molar-refractivity contribution in [2.24, 2.45) is 0 Å². The van der Waals surface area contributed by atoms with Crippen molar-refractivity contribution in [3.63, 3.8) is 0 Å². The fourth-order valence-corrected chi connectivity index (χ4v) is 5.46. The van der Waals surface area contributed by atoms with E-state index >= 15 is 0 Å². The second-order valence-electron chi connectivity index (χ2n) is 3.87. The average Bonchev–Trinajstić information content (AvgIpc) is 2.37. The Kier molecular flexibility index (Phi) is 13.2. The molecule has 0 atom stereocenters. The van der Waals surface area contributed by atoms with Gasteiger partial charge in [-0.1, -0.05) is 0 Å². The van der Waals surface area contributed by atoms with Gasteiger partial charge in [-0.25, -0.2) is 0 Å². The van der Waals surface area contributed by atoms with E-state index in [0.717, 1.165) is 24.6 Å². The summed E-state index contributed by atoms with van der Waals surface area (Å²) in [6.45, 7) is 0. The first-order valence-corrected chi connectivity index (χ1v) is 8.10. The zero-order valence-electron chi connectivity index (χ0n) is 10.3. The third kappa shape index (κ3) is 8.03. The van der Waals surface area contributed by atoms with Crippen LogP contribution in [-0.2, 0) is 0 Å². The van der Waals surface area contributed by atoms with Gasteiger partial charge in [0.25, 0.3) is 0 Å². The minimum absolute atomic E-state index is 0. The zero-order chi connectivity index (χ0) is 13.0. The molecular formula is C12H17BrN4P+. The van der Waals surface area contributed by atoms with Crippen LogP contribution in [0.4, 0.5) is 0 Å². The highest BCUT2D eigenvalue weighted by atomic mass is 79.9. The number of nitrogens with zero attached hydrogens (tertiary/aromatic N) is 4. The van der Waals surface area contributed by atoms with E-state index in [1.807, 2.05) is 0 Å². The Balaban J connectivity index is 0. The van der Waals surface area contributed by atoms with Crippen LogP contribution in [0.25, 0.3) is 0 Å². The number of nitriles is 4. The molecule has 0 N–H and O–H groups in total. The van der Waals surface area contributed by atoms with Gasteiger partial charge in [-0.3, -0.25) is 0 Å². The molecule has 0 heterocycles. The third-order valence-electron chi connectivity index (χ3n) is 2.79. The fourth-order valence-electron chi connectivity index (χ4n) is 1.82. The molecule has 0 aliphatic rings. The number of rotatable bonds is 8. The summed E-state index contributed by atoms with van der Waals surface area (Å²) in [5, 5.41) is 34.7. The first-order chi connectivity index (χ1) is 8.24. The van der Waals surface area contributed by atoms with Crippen LogP contribution in [0.15, 0.2) is 0 Å². The first-order valence-electron chi connectivity index (χ1n) is 5.57. The van der Waals surface area contributed by atoms with Gasteiger partial charge in [-0.2, -0.15) is 21.0 Å². The SMILES string of the molecule is Br.N#CCC[P+](CCC#N)(CCC#N)CCC#N. The molecule has 0 aromatic heterocycles. The average molecular weight is 328 g/mol. The molecule has 0 aromatic carbocycles. The summed E-state index contributed by atoms with van der Waals surface area (Å²) in [6, 6.07) is 8.53. The van der Waals surface area contributed by atoms with E-state index in [9.17, 15) is 0 Å². The lowest BCUT2D eigenvalue weighted by Crippen LogP contribution is -2.12. The normalized spacial score (nSPS) is 9.11. The predicted molar refractivity (Wildman–Crippen MR) is 77.6 cm³/mol. The minimum Gasteiger partial charge on any atom is -0.198 e. The van der Waals surface area contributed by atoms with Crippen LogP contribution in [0.5, 0.6) is 0 Å². The fraction of sp³-hybridized carbons (Fsp3) is 0.667. The molecule has 0 aliphatic heterocycles. The molecule has 0 rings (SSSR count). The van der Waals surface area contributed by atoms with Gasteiger partial charge in [0.1, 0.15) is 0 Å². The van der Waals surface area contributed by atoms with Gasteiger partial charge in [-0.15, -0.1) is 17.0 Å². The molecule has 6 heteroatoms. The molecule has 0 saturated heterocycles. The summed E-state index contributed by atoms with van der Waals surface area (Å²) in [7, 11) is -1.45. The second-order valence-corrected chi connectivity index (χ2v) is 8.34. The van der Waals surface area contributed by atoms with E-state index in [0.29, 0.717) is 25.7 Å². The smallest absolute Gasteiger partial charge is 0.0725 e. The molecule has 0 amide bonds. The Hall–Kier alpha value is -1.13. The Morgan fingerprint density at radius 3 is 0.944 bits per heavy atom. The van der Waals surface area contributed by atoms with Crippen LogP contribution >= 0.6 is 24.2 Å². The number of hydrogen-bond acceptors (Lipinski definition) is 4. The van der Waals surface area contributed by atoms with E-state index in [-0.39, 0.29) is 17.0 Å². The Morgan fingerprint density at radius 1 is 0.556 bits per heavy atom. The standard InChI is InChI=1S/C12H16N4P.BrH/c13-5-1-9-17(10-2-6-14,11-3-7-15)12-4-8-16;/h1-4,9-12H2;1H/q+1;. The van der Waals surface area contributed by atoms with Crippen molar-refractivity contribution in [1.82, 2.24) is 0 Å². The highest BCUT2D eigenvalue weighted by Crippen LogP contribution is 2.60. The molecular weight excluding hydrogens is 311 g/mol. The highest BCUT2D eigenvalue weighted by Gasteiger charge is 2.35. The highest BCUT2D eigenvalue weighted by molar-refractivity contribution is 8.93. The lowest BCUT2D eigenvalue weighted by atomic mass is 10.5. The van der Waals surface area contributed by atoms with Gasteiger partial charge in [0, 0.05) is 7.26 Å². The number of hydrogen-bond donors (Lipinski definition) is 0. The maximum atomic E-state index is 8.68. The van der Waals surface area contributed by atoms with Crippen molar-refractivity contribution < 1.29 is 0 Å². The van der Waals surface area contributed by atoms with Gasteiger partial charge in [0.2, 0.25) is 0 Å². The van der Waals surface area contributed by atoms with Crippen molar-refractivity contribution in [3.8, 4) is 24.3 Å². The molecule has 18 heavy (non-hydrogen) atoms. The predicted octanol–water partition coefficient (Wildman–Crippen LogP) is 3.24. The molecule has 4 nitrogen and oxygen atoms in total. The van der Waals surface area contributed by atoms with Crippen LogP contribution in [0.3, 0.4) is 0 Å². The van der Waals surface area contributed by atoms with Crippen LogP contribution in [-0.4, -0.2) is 24.6 Å². The summed E-state index contributed by atoms with van der Waals surface area (Å²) in [5.74, 6) is 0. The topological polar surface area (TPSA) is 95.2 Å². The van der Waals surface area contributed by atoms with Crippen LogP contribution in [0, 0.1) is 45.3 Å². The van der Waals surface area contributed by atoms with E-state index in [1.54, 1.807) is 0 Å². The third-order valence-corrected chi connectivity index (χ3v) is 7.48. The summed E-state index contributed by atoms with van der Waals surface area (Å²) >= 11 is 0. The van der Waals surface area contributed by atoms with Gasteiger partial charge in [0.05, 0.1) is 74.6 Å². The maximum absolute atomic E-state index is 8.68. The molecule has 96 valence electrons. The first kappa shape index (κ1) is 19.2. The monoisotopic (exact) mass is 327 g/mol. The summed E-state index contributed by atoms with van der Waals surface area (Å²) < 4.78 is 0. The molecule has 0 aromatic rings. The summed E-state index contributed by atoms with van der Waals surface area (Å²) in [6.07, 6.45) is 5.02. The lowest BCUT2D eigenvalue weighted by Gasteiger charge is -2.24. The van der Waals surface area contributed by atoms with Gasteiger partial charge in [0.15, 0.2) is 0 Å². The van der Waals surface area contributed by atoms with Gasteiger partial charge >= 0.3 is 0 Å². The maximum Gasteiger partial charge on any atom is 0.0725 e. The van der Waals surface area contributed by atoms with Gasteiger partial charge in [-0.05, 0) is 0 Å². The van der Waals surface area contributed by atoms with E-state index in [4.69, 9.17) is 21.0 Å². The summed E-state index contributed by atoms with van der Waals surface area (Å²) in [5.41, 5.74) is 0. The molecule has 0 spiro atoms. The van der Waals surface area contributed by atoms with Crippen molar-refractivity contribution in [2.45, 2.75) is 25.7 Å². The van der Waals surface area contributed by atoms with Crippen LogP contribution in [0.2, 0.25) is 0 Å². The van der Waals surface area contributed by atoms with Gasteiger partial charge < -0.3 is 0 Å². The molecule has 0 aliphatic carbocycles. The van der Waals surface area contributed by atoms with E-state index in [1.165, 1.54) is 0 Å². The number of halogens is 1.